The van der Waals surface area contributed by atoms with Crippen LogP contribution >= 0.6 is 11.9 Å². The Morgan fingerprint density at radius 2 is 2.00 bits per heavy atom. The topological polar surface area (TPSA) is 32.3 Å². The van der Waals surface area contributed by atoms with Crippen molar-refractivity contribution in [1.82, 2.24) is 9.62 Å². The quantitative estimate of drug-likeness (QED) is 0.525. The average Bonchev–Trinajstić information content (AvgIpc) is 2.14. The molecule has 3 nitrogen and oxygen atoms in total. The summed E-state index contributed by atoms with van der Waals surface area (Å²) >= 11 is 1.39. The molecular weight excluding hydrogens is 184 g/mol. The summed E-state index contributed by atoms with van der Waals surface area (Å²) in [7, 11) is 0. The SMILES string of the molecule is C=CCN(CC=C)C(=O)NSCC. The molecule has 0 aliphatic rings. The van der Waals surface area contributed by atoms with Gasteiger partial charge in [-0.05, 0) is 11.9 Å². The lowest BCUT2D eigenvalue weighted by atomic mass is 10.5. The van der Waals surface area contributed by atoms with Gasteiger partial charge in [0.2, 0.25) is 0 Å². The fourth-order valence-electron chi connectivity index (χ4n) is 0.750. The predicted molar refractivity (Wildman–Crippen MR) is 58.6 cm³/mol. The van der Waals surface area contributed by atoms with Gasteiger partial charge in [-0.2, -0.15) is 0 Å². The molecule has 0 spiro atoms. The monoisotopic (exact) mass is 200 g/mol. The van der Waals surface area contributed by atoms with Crippen LogP contribution in [0.2, 0.25) is 0 Å². The minimum Gasteiger partial charge on any atom is -0.317 e. The van der Waals surface area contributed by atoms with Gasteiger partial charge in [-0.15, -0.1) is 13.2 Å². The van der Waals surface area contributed by atoms with Gasteiger partial charge in [0, 0.05) is 18.8 Å². The molecule has 0 unspecified atom stereocenters. The van der Waals surface area contributed by atoms with Crippen LogP contribution in [0.25, 0.3) is 0 Å². The number of nitrogens with one attached hydrogen (secondary N) is 1. The molecule has 0 radical (unpaired) electrons. The van der Waals surface area contributed by atoms with E-state index in [4.69, 9.17) is 0 Å². The Balaban J connectivity index is 3.93. The van der Waals surface area contributed by atoms with Gasteiger partial charge in [-0.1, -0.05) is 19.1 Å². The summed E-state index contributed by atoms with van der Waals surface area (Å²) < 4.78 is 2.71. The Labute approximate surface area is 84.0 Å². The second kappa shape index (κ2) is 7.73. The van der Waals surface area contributed by atoms with Crippen LogP contribution in [-0.4, -0.2) is 29.8 Å². The molecule has 13 heavy (non-hydrogen) atoms. The summed E-state index contributed by atoms with van der Waals surface area (Å²) in [6, 6.07) is -0.0911. The van der Waals surface area contributed by atoms with Crippen molar-refractivity contribution in [3.05, 3.63) is 25.3 Å². The third kappa shape index (κ3) is 5.36. The normalized spacial score (nSPS) is 9.00. The maximum absolute atomic E-state index is 11.4. The van der Waals surface area contributed by atoms with Crippen LogP contribution < -0.4 is 4.72 Å². The van der Waals surface area contributed by atoms with E-state index in [9.17, 15) is 4.79 Å². The van der Waals surface area contributed by atoms with E-state index >= 15 is 0 Å². The van der Waals surface area contributed by atoms with Crippen molar-refractivity contribution in [2.75, 3.05) is 18.8 Å². The fourth-order valence-corrected chi connectivity index (χ4v) is 1.15. The first kappa shape index (κ1) is 12.1. The van der Waals surface area contributed by atoms with E-state index < -0.39 is 0 Å². The number of carbonyl (C=O) groups is 1. The number of urea groups is 1. The van der Waals surface area contributed by atoms with Crippen molar-refractivity contribution in [2.45, 2.75) is 6.92 Å². The van der Waals surface area contributed by atoms with Crippen LogP contribution in [0.3, 0.4) is 0 Å². The highest BCUT2D eigenvalue weighted by atomic mass is 32.2. The molecule has 2 amide bonds. The van der Waals surface area contributed by atoms with Crippen LogP contribution in [0, 0.1) is 0 Å². The molecule has 0 bridgehead atoms. The molecule has 0 saturated heterocycles. The van der Waals surface area contributed by atoms with Crippen molar-refractivity contribution in [3.63, 3.8) is 0 Å². The molecule has 0 aliphatic carbocycles. The van der Waals surface area contributed by atoms with Gasteiger partial charge in [0.1, 0.15) is 0 Å². The molecule has 0 saturated carbocycles. The minimum atomic E-state index is -0.0911. The lowest BCUT2D eigenvalue weighted by molar-refractivity contribution is 0.215. The van der Waals surface area contributed by atoms with Crippen LogP contribution in [0.4, 0.5) is 4.79 Å². The molecule has 0 aromatic heterocycles. The van der Waals surface area contributed by atoms with Gasteiger partial charge in [0.05, 0.1) is 0 Å². The van der Waals surface area contributed by atoms with Gasteiger partial charge >= 0.3 is 6.03 Å². The number of carbonyl (C=O) groups excluding carboxylic acids is 1. The molecule has 1 N–H and O–H groups in total. The van der Waals surface area contributed by atoms with Crippen LogP contribution in [0.1, 0.15) is 6.92 Å². The molecule has 0 aromatic carbocycles. The highest BCUT2D eigenvalue weighted by Crippen LogP contribution is 1.96. The van der Waals surface area contributed by atoms with Gasteiger partial charge in [-0.25, -0.2) is 4.79 Å². The first-order valence-corrected chi connectivity index (χ1v) is 5.13. The molecule has 0 heterocycles. The highest BCUT2D eigenvalue weighted by molar-refractivity contribution is 7.97. The maximum atomic E-state index is 11.4. The molecule has 74 valence electrons. The Morgan fingerprint density at radius 1 is 1.46 bits per heavy atom. The third-order valence-electron chi connectivity index (χ3n) is 1.29. The third-order valence-corrected chi connectivity index (χ3v) is 1.90. The zero-order valence-electron chi connectivity index (χ0n) is 7.95. The molecular formula is C9H16N2OS. The average molecular weight is 200 g/mol. The van der Waals surface area contributed by atoms with Gasteiger partial charge in [0.15, 0.2) is 0 Å². The number of rotatable bonds is 6. The lowest BCUT2D eigenvalue weighted by Gasteiger charge is -2.18. The summed E-state index contributed by atoms with van der Waals surface area (Å²) in [6.07, 6.45) is 3.39. The standard InChI is InChI=1S/C9H16N2OS/c1-4-7-11(8-5-2)9(12)10-13-6-3/h4-5H,1-2,6-8H2,3H3,(H,10,12). The van der Waals surface area contributed by atoms with Crippen LogP contribution in [0.15, 0.2) is 25.3 Å². The Hall–Kier alpha value is -0.900. The predicted octanol–water partition coefficient (Wildman–Crippen LogP) is 2.04. The van der Waals surface area contributed by atoms with Gasteiger partial charge in [0.25, 0.3) is 0 Å². The largest absolute Gasteiger partial charge is 0.327 e. The molecule has 4 heteroatoms. The molecule has 0 aromatic rings. The van der Waals surface area contributed by atoms with E-state index in [0.29, 0.717) is 13.1 Å². The first-order chi connectivity index (χ1) is 6.26. The molecule has 0 rings (SSSR count). The lowest BCUT2D eigenvalue weighted by Crippen LogP contribution is -2.37. The minimum absolute atomic E-state index is 0.0911. The molecule has 0 fully saturated rings. The second-order valence-corrected chi connectivity index (χ2v) is 3.39. The van der Waals surface area contributed by atoms with E-state index in [1.165, 1.54) is 11.9 Å². The number of hydrogen-bond acceptors (Lipinski definition) is 2. The van der Waals surface area contributed by atoms with Crippen molar-refractivity contribution in [1.29, 1.82) is 0 Å². The number of hydrogen-bond donors (Lipinski definition) is 1. The van der Waals surface area contributed by atoms with E-state index in [-0.39, 0.29) is 6.03 Å². The van der Waals surface area contributed by atoms with Crippen LogP contribution in [0.5, 0.6) is 0 Å². The maximum Gasteiger partial charge on any atom is 0.327 e. The fraction of sp³-hybridized carbons (Fsp3) is 0.444. The van der Waals surface area contributed by atoms with E-state index in [2.05, 4.69) is 17.9 Å². The zero-order valence-corrected chi connectivity index (χ0v) is 8.77. The molecule has 0 atom stereocenters. The van der Waals surface area contributed by atoms with E-state index in [1.807, 2.05) is 6.92 Å². The van der Waals surface area contributed by atoms with Crippen molar-refractivity contribution in [3.8, 4) is 0 Å². The highest BCUT2D eigenvalue weighted by Gasteiger charge is 2.08. The smallest absolute Gasteiger partial charge is 0.317 e. The second-order valence-electron chi connectivity index (χ2n) is 2.32. The van der Waals surface area contributed by atoms with Crippen molar-refractivity contribution >= 4 is 18.0 Å². The summed E-state index contributed by atoms with van der Waals surface area (Å²) in [5.41, 5.74) is 0. The Morgan fingerprint density at radius 3 is 2.38 bits per heavy atom. The van der Waals surface area contributed by atoms with E-state index in [0.717, 1.165) is 5.75 Å². The number of nitrogens with zero attached hydrogens (tertiary/aromatic N) is 1. The van der Waals surface area contributed by atoms with Gasteiger partial charge < -0.3 is 4.90 Å². The Bertz CT molecular complexity index is 172. The molecule has 0 aliphatic heterocycles. The van der Waals surface area contributed by atoms with Crippen molar-refractivity contribution < 1.29 is 4.79 Å². The first-order valence-electron chi connectivity index (χ1n) is 4.14. The zero-order chi connectivity index (χ0) is 10.1. The van der Waals surface area contributed by atoms with Crippen LogP contribution in [-0.2, 0) is 0 Å². The van der Waals surface area contributed by atoms with Gasteiger partial charge in [-0.3, -0.25) is 4.72 Å². The number of amides is 2. The van der Waals surface area contributed by atoms with Crippen molar-refractivity contribution in [2.24, 2.45) is 0 Å². The Kier molecular flexibility index (Phi) is 7.20. The summed E-state index contributed by atoms with van der Waals surface area (Å²) in [4.78, 5) is 13.0. The summed E-state index contributed by atoms with van der Waals surface area (Å²) in [6.45, 7) is 10.2. The summed E-state index contributed by atoms with van der Waals surface area (Å²) in [5, 5.41) is 0. The van der Waals surface area contributed by atoms with E-state index in [1.54, 1.807) is 17.1 Å². The summed E-state index contributed by atoms with van der Waals surface area (Å²) in [5.74, 6) is 0.863.